The molecule has 0 aliphatic carbocycles. The van der Waals surface area contributed by atoms with Crippen LogP contribution in [0.15, 0.2) is 0 Å². The molecule has 0 aromatic heterocycles. The predicted octanol–water partition coefficient (Wildman–Crippen LogP) is -8.82. The molecule has 0 aromatic rings. The molecule has 0 N–H and O–H groups in total. The molecular formula is Al5LaO10Sr. The van der Waals surface area contributed by atoms with Crippen molar-refractivity contribution < 1.29 is 75.4 Å². The smallest absolute Gasteiger partial charge is 2.00 e. The Kier molecular flexibility index (Phi) is 235. The summed E-state index contributed by atoms with van der Waals surface area (Å²) in [6.45, 7) is 0. The third kappa shape index (κ3) is 522. The van der Waals surface area contributed by atoms with Gasteiger partial charge >= 0.3 is 198 Å². The maximum Gasteiger partial charge on any atom is 2.00 e. The summed E-state index contributed by atoms with van der Waals surface area (Å²) in [5, 5.41) is 0. The van der Waals surface area contributed by atoms with Crippen LogP contribution in [0.1, 0.15) is 0 Å². The van der Waals surface area contributed by atoms with Crippen LogP contribution in [0.2, 0.25) is 0 Å². The molecule has 0 aromatic carbocycles. The molecule has 0 radical (unpaired) electrons. The van der Waals surface area contributed by atoms with Crippen molar-refractivity contribution in [2.75, 3.05) is 0 Å². The van der Waals surface area contributed by atoms with Gasteiger partial charge in [-0.05, 0) is 0 Å². The summed E-state index contributed by atoms with van der Waals surface area (Å²) in [6, 6.07) is 0. The van der Waals surface area contributed by atoms with Gasteiger partial charge in [0.05, 0.1) is 0 Å². The molecule has 80 valence electrons. The fourth-order valence-electron chi connectivity index (χ4n) is 0. The summed E-state index contributed by atoms with van der Waals surface area (Å²) < 4.78 is 84.6. The molecule has 10 nitrogen and oxygen atoms in total. The van der Waals surface area contributed by atoms with Crippen molar-refractivity contribution in [1.82, 2.24) is 0 Å². The first-order chi connectivity index (χ1) is 7.07. The van der Waals surface area contributed by atoms with Gasteiger partial charge in [-0.1, -0.05) is 0 Å². The quantitative estimate of drug-likeness (QED) is 0.276. The average Bonchev–Trinajstić information content (AvgIpc) is 2.09. The van der Waals surface area contributed by atoms with Crippen molar-refractivity contribution in [3.63, 3.8) is 0 Å². The van der Waals surface area contributed by atoms with E-state index >= 15 is 0 Å². The van der Waals surface area contributed by atoms with E-state index in [1.165, 1.54) is 0 Å². The Bertz CT molecular complexity index is 97.0. The molecule has 0 fully saturated rings. The summed E-state index contributed by atoms with van der Waals surface area (Å²) in [6.07, 6.45) is 0. The van der Waals surface area contributed by atoms with Crippen LogP contribution in [0.3, 0.4) is 0 Å². The molecule has 17 heteroatoms. The average molecular weight is 521 g/mol. The van der Waals surface area contributed by atoms with E-state index in [9.17, 15) is 0 Å². The van der Waals surface area contributed by atoms with Gasteiger partial charge in [-0.2, -0.15) is 0 Å². The van der Waals surface area contributed by atoms with Crippen molar-refractivity contribution in [3.8, 4) is 0 Å². The summed E-state index contributed by atoms with van der Waals surface area (Å²) in [4.78, 5) is 0. The van der Waals surface area contributed by atoms with Gasteiger partial charge in [0.15, 0.2) is 0 Å². The monoisotopic (exact) mass is 522 g/mol. The largest absolute Gasteiger partial charge is 2.00 e. The molecule has 0 aliphatic heterocycles. The van der Waals surface area contributed by atoms with Gasteiger partial charge in [0.1, 0.15) is 0 Å². The molecule has 0 unspecified atom stereocenters. The fourth-order valence-corrected chi connectivity index (χ4v) is 0. The summed E-state index contributed by atoms with van der Waals surface area (Å²) in [7, 11) is 0. The number of hydrogen-bond acceptors (Lipinski definition) is 10. The Morgan fingerprint density at radius 1 is 0.471 bits per heavy atom. The van der Waals surface area contributed by atoms with E-state index in [4.69, 9.17) is 39.8 Å². The first-order valence-electron chi connectivity index (χ1n) is 2.36. The van der Waals surface area contributed by atoms with Crippen LogP contribution in [0.5, 0.6) is 0 Å². The van der Waals surface area contributed by atoms with E-state index in [1.807, 2.05) is 0 Å². The van der Waals surface area contributed by atoms with Crippen LogP contribution in [0.4, 0.5) is 0 Å². The van der Waals surface area contributed by atoms with Gasteiger partial charge in [-0.25, -0.2) is 0 Å². The molecule has 0 amide bonds. The maximum absolute atomic E-state index is 8.46. The van der Waals surface area contributed by atoms with E-state index in [2.05, 4.69) is 0 Å². The Balaban J connectivity index is -0.0000000143. The molecule has 0 atom stereocenters. The molecule has 0 aliphatic rings. The van der Waals surface area contributed by atoms with Gasteiger partial charge in [0, 0.05) is 0 Å². The zero-order valence-corrected chi connectivity index (χ0v) is 21.1. The molecule has 0 saturated carbocycles. The maximum atomic E-state index is 8.46. The van der Waals surface area contributed by atoms with Gasteiger partial charge in [0.25, 0.3) is 0 Å². The van der Waals surface area contributed by atoms with Crippen molar-refractivity contribution in [1.29, 1.82) is 0 Å². The molecule has 0 heterocycles. The van der Waals surface area contributed by atoms with Gasteiger partial charge < -0.3 is 0 Å². The fraction of sp³-hybridized carbons (Fsp3) is 0. The third-order valence-corrected chi connectivity index (χ3v) is 0. The van der Waals surface area contributed by atoms with E-state index in [-0.39, 0.29) is 81.1 Å². The molecular weight excluding hydrogens is 521 g/mol. The molecule has 0 spiro atoms. The Hall–Kier alpha value is 3.34. The van der Waals surface area contributed by atoms with E-state index < -0.39 is 77.4 Å². The minimum absolute atomic E-state index is 0. The molecule has 17 heavy (non-hydrogen) atoms. The van der Waals surface area contributed by atoms with Gasteiger partial charge in [-0.15, -0.1) is 0 Å². The van der Waals surface area contributed by atoms with Crippen molar-refractivity contribution in [3.05, 3.63) is 0 Å². The summed E-state index contributed by atoms with van der Waals surface area (Å²) in [5.41, 5.74) is 0. The van der Waals surface area contributed by atoms with Crippen LogP contribution < -0.4 is 20.8 Å². The first-order valence-corrected chi connectivity index (χ1v) is 7.07. The summed E-state index contributed by atoms with van der Waals surface area (Å²) >= 11 is -8.75. The topological polar surface area (TPSA) is 201 Å². The second-order valence-corrected chi connectivity index (χ2v) is 1.44. The first kappa shape index (κ1) is 42.8. The summed E-state index contributed by atoms with van der Waals surface area (Å²) in [5.74, 6) is 0. The predicted molar refractivity (Wildman–Crippen MR) is 38.0 cm³/mol. The minimum Gasteiger partial charge on any atom is 2.00 e. The van der Waals surface area contributed by atoms with Crippen LogP contribution >= 0.6 is 0 Å². The van der Waals surface area contributed by atoms with Crippen LogP contribution in [0.25, 0.3) is 0 Å². The Morgan fingerprint density at radius 2 is 0.471 bits per heavy atom. The van der Waals surface area contributed by atoms with Gasteiger partial charge in [0.2, 0.25) is 0 Å². The second-order valence-electron chi connectivity index (χ2n) is 0.481. The molecule has 0 saturated heterocycles. The minimum atomic E-state index is -1.75. The van der Waals surface area contributed by atoms with Crippen molar-refractivity contribution in [2.45, 2.75) is 0 Å². The Morgan fingerprint density at radius 3 is 0.471 bits per heavy atom. The van der Waals surface area contributed by atoms with Crippen molar-refractivity contribution >= 4 is 123 Å². The van der Waals surface area contributed by atoms with E-state index in [1.54, 1.807) is 0 Å². The third-order valence-electron chi connectivity index (χ3n) is 0. The second kappa shape index (κ2) is 93.5. The van der Waals surface area contributed by atoms with Gasteiger partial charge in [-0.3, -0.25) is 0 Å². The van der Waals surface area contributed by atoms with Crippen LogP contribution in [-0.2, 0) is 19.0 Å². The normalized spacial score (nSPS) is 2.35. The number of rotatable bonds is 0. The SMILES string of the molecule is [La+3].[O]=[Al][O-].[O]=[Al][O-].[O]=[Al][O-].[O]=[Al][O-].[O]=[Al][O-].[Sr+2]. The number of hydrogen-bond donors (Lipinski definition) is 0. The zero-order valence-electron chi connectivity index (χ0n) is 8.25. The van der Waals surface area contributed by atoms with Crippen LogP contribution in [0, 0.1) is 35.6 Å². The van der Waals surface area contributed by atoms with E-state index in [0.29, 0.717) is 0 Å². The van der Waals surface area contributed by atoms with E-state index in [0.717, 1.165) is 0 Å². The molecule has 0 bridgehead atoms. The van der Waals surface area contributed by atoms with Crippen LogP contribution in [-0.4, -0.2) is 123 Å². The zero-order chi connectivity index (χ0) is 13.5. The van der Waals surface area contributed by atoms with Crippen molar-refractivity contribution in [2.24, 2.45) is 0 Å². The Labute approximate surface area is 194 Å². The standard InChI is InChI=1S/5Al.La.10O.Sr/q;;;;;+3;;;;;;5*-1;+2. The molecule has 0 rings (SSSR count).